The number of hydrogen-bond donors (Lipinski definition) is 1. The van der Waals surface area contributed by atoms with E-state index in [0.29, 0.717) is 6.42 Å². The number of anilines is 1. The number of fused-ring (bicyclic) bond motifs is 3. The van der Waals surface area contributed by atoms with E-state index in [2.05, 4.69) is 10.2 Å². The first kappa shape index (κ1) is 19.4. The number of benzene rings is 2. The number of nitrogens with one attached hydrogen (secondary N) is 1. The third-order valence-electron chi connectivity index (χ3n) is 6.10. The molecule has 3 atom stereocenters. The van der Waals surface area contributed by atoms with Gasteiger partial charge in [-0.15, -0.1) is 0 Å². The predicted octanol–water partition coefficient (Wildman–Crippen LogP) is 4.14. The second kappa shape index (κ2) is 7.81. The molecule has 1 fully saturated rings. The summed E-state index contributed by atoms with van der Waals surface area (Å²) in [6.45, 7) is 2.73. The summed E-state index contributed by atoms with van der Waals surface area (Å²) in [6.07, 6.45) is 3.54. The Labute approximate surface area is 168 Å². The molecule has 0 aromatic heterocycles. The van der Waals surface area contributed by atoms with Crippen LogP contribution in [0.3, 0.4) is 0 Å². The van der Waals surface area contributed by atoms with Crippen LogP contribution in [0.15, 0.2) is 42.5 Å². The molecule has 1 amide bonds. The van der Waals surface area contributed by atoms with E-state index in [4.69, 9.17) is 0 Å². The summed E-state index contributed by atoms with van der Waals surface area (Å²) >= 11 is 0. The minimum Gasteiger partial charge on any atom is -0.368 e. The molecule has 3 unspecified atom stereocenters. The van der Waals surface area contributed by atoms with Gasteiger partial charge in [-0.3, -0.25) is 14.9 Å². The van der Waals surface area contributed by atoms with Crippen LogP contribution < -0.4 is 10.2 Å². The second-order valence-corrected chi connectivity index (χ2v) is 7.92. The Hall–Kier alpha value is -2.96. The average Bonchev–Trinajstić information content (AvgIpc) is 2.73. The van der Waals surface area contributed by atoms with Gasteiger partial charge in [0.05, 0.1) is 16.9 Å². The Morgan fingerprint density at radius 1 is 1.24 bits per heavy atom. The Morgan fingerprint density at radius 3 is 2.72 bits per heavy atom. The number of rotatable bonds is 4. The van der Waals surface area contributed by atoms with Crippen LogP contribution in [0.5, 0.6) is 0 Å². The topological polar surface area (TPSA) is 75.5 Å². The van der Waals surface area contributed by atoms with Gasteiger partial charge in [-0.25, -0.2) is 4.39 Å². The summed E-state index contributed by atoms with van der Waals surface area (Å²) in [5, 5.41) is 14.3. The van der Waals surface area contributed by atoms with E-state index in [1.54, 1.807) is 24.3 Å². The number of nitro benzene ring substituents is 1. The van der Waals surface area contributed by atoms with Gasteiger partial charge in [0.25, 0.3) is 5.69 Å². The number of non-ortho nitro benzene ring substituents is 1. The molecule has 29 heavy (non-hydrogen) atoms. The normalized spacial score (nSPS) is 21.7. The number of nitrogens with zero attached hydrogens (tertiary/aromatic N) is 2. The molecule has 0 bridgehead atoms. The first-order valence-corrected chi connectivity index (χ1v) is 10.0. The zero-order valence-corrected chi connectivity index (χ0v) is 16.3. The molecule has 0 radical (unpaired) electrons. The molecule has 2 aliphatic heterocycles. The monoisotopic (exact) mass is 397 g/mol. The summed E-state index contributed by atoms with van der Waals surface area (Å²) in [6, 6.07) is 10.9. The number of amides is 1. The fourth-order valence-corrected chi connectivity index (χ4v) is 4.60. The number of carbonyl (C=O) groups excluding carboxylic acids is 1. The maximum atomic E-state index is 13.2. The van der Waals surface area contributed by atoms with E-state index in [0.717, 1.165) is 42.6 Å². The quantitative estimate of drug-likeness (QED) is 0.621. The van der Waals surface area contributed by atoms with E-state index in [1.165, 1.54) is 12.1 Å². The molecule has 2 aliphatic rings. The summed E-state index contributed by atoms with van der Waals surface area (Å²) < 4.78 is 13.2. The van der Waals surface area contributed by atoms with Crippen molar-refractivity contribution in [3.63, 3.8) is 0 Å². The SMILES string of the molecule is CC(NC(=O)C1Cc2cc([N+](=O)[O-])ccc2N2CCCCC12)c1ccc(F)cc1. The van der Waals surface area contributed by atoms with E-state index in [-0.39, 0.29) is 35.4 Å². The highest BCUT2D eigenvalue weighted by Crippen LogP contribution is 2.40. The maximum Gasteiger partial charge on any atom is 0.269 e. The minimum absolute atomic E-state index is 0.0537. The van der Waals surface area contributed by atoms with Crippen molar-refractivity contribution in [2.24, 2.45) is 5.92 Å². The van der Waals surface area contributed by atoms with Crippen LogP contribution in [0, 0.1) is 21.8 Å². The molecule has 7 heteroatoms. The highest BCUT2D eigenvalue weighted by atomic mass is 19.1. The van der Waals surface area contributed by atoms with Crippen LogP contribution in [0.25, 0.3) is 0 Å². The Balaban J connectivity index is 1.59. The Morgan fingerprint density at radius 2 is 2.00 bits per heavy atom. The highest BCUT2D eigenvalue weighted by Gasteiger charge is 2.40. The van der Waals surface area contributed by atoms with Crippen molar-refractivity contribution < 1.29 is 14.1 Å². The molecule has 152 valence electrons. The van der Waals surface area contributed by atoms with Gasteiger partial charge in [0.2, 0.25) is 5.91 Å². The zero-order chi connectivity index (χ0) is 20.5. The lowest BCUT2D eigenvalue weighted by atomic mass is 9.80. The molecule has 4 rings (SSSR count). The van der Waals surface area contributed by atoms with Crippen LogP contribution in [-0.2, 0) is 11.2 Å². The van der Waals surface area contributed by atoms with E-state index in [9.17, 15) is 19.3 Å². The summed E-state index contributed by atoms with van der Waals surface area (Å²) in [7, 11) is 0. The number of nitro groups is 1. The third kappa shape index (κ3) is 3.81. The molecule has 2 aromatic rings. The van der Waals surface area contributed by atoms with Crippen LogP contribution >= 0.6 is 0 Å². The smallest absolute Gasteiger partial charge is 0.269 e. The van der Waals surface area contributed by atoms with Crippen molar-refractivity contribution in [1.82, 2.24) is 5.32 Å². The molecule has 2 heterocycles. The molecule has 0 saturated carbocycles. The van der Waals surface area contributed by atoms with Gasteiger partial charge < -0.3 is 10.2 Å². The largest absolute Gasteiger partial charge is 0.368 e. The van der Waals surface area contributed by atoms with Crippen molar-refractivity contribution in [2.75, 3.05) is 11.4 Å². The summed E-state index contributed by atoms with van der Waals surface area (Å²) in [5.41, 5.74) is 2.76. The molecule has 1 N–H and O–H groups in total. The standard InChI is InChI=1S/C22H24FN3O3/c1-14(15-5-7-17(23)8-6-15)24-22(27)19-13-16-12-18(26(28)29)9-10-20(16)25-11-3-2-4-21(19)25/h5-10,12,14,19,21H,2-4,11,13H2,1H3,(H,24,27). The first-order chi connectivity index (χ1) is 13.9. The van der Waals surface area contributed by atoms with Gasteiger partial charge in [0, 0.05) is 30.4 Å². The van der Waals surface area contributed by atoms with Gasteiger partial charge in [-0.1, -0.05) is 12.1 Å². The second-order valence-electron chi connectivity index (χ2n) is 7.92. The lowest BCUT2D eigenvalue weighted by Gasteiger charge is -2.46. The number of carbonyl (C=O) groups is 1. The molecule has 1 saturated heterocycles. The summed E-state index contributed by atoms with van der Waals surface area (Å²) in [4.78, 5) is 26.2. The number of piperidine rings is 1. The fraction of sp³-hybridized carbons (Fsp3) is 0.409. The van der Waals surface area contributed by atoms with Crippen LogP contribution in [0.1, 0.15) is 43.4 Å². The zero-order valence-electron chi connectivity index (χ0n) is 16.3. The molecule has 0 spiro atoms. The van der Waals surface area contributed by atoms with E-state index < -0.39 is 4.92 Å². The predicted molar refractivity (Wildman–Crippen MR) is 108 cm³/mol. The van der Waals surface area contributed by atoms with Crippen LogP contribution in [0.4, 0.5) is 15.8 Å². The van der Waals surface area contributed by atoms with Crippen molar-refractivity contribution in [1.29, 1.82) is 0 Å². The van der Waals surface area contributed by atoms with Crippen molar-refractivity contribution in [2.45, 2.75) is 44.7 Å². The van der Waals surface area contributed by atoms with Crippen LogP contribution in [0.2, 0.25) is 0 Å². The number of hydrogen-bond acceptors (Lipinski definition) is 4. The van der Waals surface area contributed by atoms with Gasteiger partial charge in [-0.05, 0) is 61.9 Å². The third-order valence-corrected chi connectivity index (χ3v) is 6.10. The molecular weight excluding hydrogens is 373 g/mol. The van der Waals surface area contributed by atoms with E-state index in [1.807, 2.05) is 13.0 Å². The molecule has 6 nitrogen and oxygen atoms in total. The first-order valence-electron chi connectivity index (χ1n) is 10.0. The minimum atomic E-state index is -0.395. The fourth-order valence-electron chi connectivity index (χ4n) is 4.60. The van der Waals surface area contributed by atoms with Gasteiger partial charge >= 0.3 is 0 Å². The van der Waals surface area contributed by atoms with Gasteiger partial charge in [-0.2, -0.15) is 0 Å². The molecular formula is C22H24FN3O3. The highest BCUT2D eigenvalue weighted by molar-refractivity contribution is 5.82. The van der Waals surface area contributed by atoms with E-state index >= 15 is 0 Å². The van der Waals surface area contributed by atoms with Crippen molar-refractivity contribution in [3.8, 4) is 0 Å². The Kier molecular flexibility index (Phi) is 5.22. The lowest BCUT2D eigenvalue weighted by Crippen LogP contribution is -2.53. The number of halogens is 1. The molecule has 2 aromatic carbocycles. The molecule has 0 aliphatic carbocycles. The van der Waals surface area contributed by atoms with Crippen molar-refractivity contribution >= 4 is 17.3 Å². The van der Waals surface area contributed by atoms with Gasteiger partial charge in [0.1, 0.15) is 5.82 Å². The Bertz CT molecular complexity index is 931. The lowest BCUT2D eigenvalue weighted by molar-refractivity contribution is -0.384. The average molecular weight is 397 g/mol. The maximum absolute atomic E-state index is 13.2. The van der Waals surface area contributed by atoms with Gasteiger partial charge in [0.15, 0.2) is 0 Å². The van der Waals surface area contributed by atoms with Crippen molar-refractivity contribution in [3.05, 3.63) is 69.5 Å². The van der Waals surface area contributed by atoms with Crippen LogP contribution in [-0.4, -0.2) is 23.4 Å². The summed E-state index contributed by atoms with van der Waals surface area (Å²) in [5.74, 6) is -0.640.